The maximum atomic E-state index is 13.2. The van der Waals surface area contributed by atoms with Crippen molar-refractivity contribution < 1.29 is 19.2 Å². The van der Waals surface area contributed by atoms with Crippen LogP contribution in [0.1, 0.15) is 6.42 Å². The SMILES string of the molecule is O=C1CC(N2CCN(c3ccc([N+](=O)[O-])cc3)CC2)C(=O)N1c1ccc(Oc2ccccc2)cc1. The molecule has 178 valence electrons. The van der Waals surface area contributed by atoms with E-state index in [0.29, 0.717) is 43.4 Å². The van der Waals surface area contributed by atoms with E-state index in [9.17, 15) is 19.7 Å². The molecule has 0 spiro atoms. The van der Waals surface area contributed by atoms with Gasteiger partial charge in [-0.2, -0.15) is 0 Å². The lowest BCUT2D eigenvalue weighted by atomic mass is 10.1. The molecule has 2 saturated heterocycles. The quantitative estimate of drug-likeness (QED) is 0.306. The average Bonchev–Trinajstić information content (AvgIpc) is 3.19. The van der Waals surface area contributed by atoms with Crippen molar-refractivity contribution in [1.29, 1.82) is 0 Å². The van der Waals surface area contributed by atoms with Crippen molar-refractivity contribution >= 4 is 28.9 Å². The summed E-state index contributed by atoms with van der Waals surface area (Å²) in [5, 5.41) is 10.9. The molecular weight excluding hydrogens is 448 g/mol. The van der Waals surface area contributed by atoms with Crippen LogP contribution in [0.4, 0.5) is 17.1 Å². The third-order valence-electron chi connectivity index (χ3n) is 6.38. The second-order valence-corrected chi connectivity index (χ2v) is 8.49. The summed E-state index contributed by atoms with van der Waals surface area (Å²) in [4.78, 5) is 41.9. The fraction of sp³-hybridized carbons (Fsp3) is 0.231. The average molecular weight is 473 g/mol. The molecule has 1 unspecified atom stereocenters. The minimum Gasteiger partial charge on any atom is -0.457 e. The maximum absolute atomic E-state index is 13.2. The van der Waals surface area contributed by atoms with E-state index in [1.165, 1.54) is 17.0 Å². The summed E-state index contributed by atoms with van der Waals surface area (Å²) in [6.07, 6.45) is 0.151. The van der Waals surface area contributed by atoms with Crippen LogP contribution in [0.3, 0.4) is 0 Å². The van der Waals surface area contributed by atoms with Crippen LogP contribution in [0.15, 0.2) is 78.9 Å². The molecule has 0 aromatic heterocycles. The van der Waals surface area contributed by atoms with Gasteiger partial charge in [0, 0.05) is 44.0 Å². The fourth-order valence-electron chi connectivity index (χ4n) is 4.54. The zero-order valence-corrected chi connectivity index (χ0v) is 18.9. The Morgan fingerprint density at radius 2 is 1.37 bits per heavy atom. The third-order valence-corrected chi connectivity index (χ3v) is 6.38. The van der Waals surface area contributed by atoms with Gasteiger partial charge >= 0.3 is 0 Å². The summed E-state index contributed by atoms with van der Waals surface area (Å²) in [7, 11) is 0. The Morgan fingerprint density at radius 3 is 2.00 bits per heavy atom. The van der Waals surface area contributed by atoms with Gasteiger partial charge in [-0.3, -0.25) is 24.6 Å². The largest absolute Gasteiger partial charge is 0.457 e. The van der Waals surface area contributed by atoms with E-state index in [0.717, 1.165) is 5.69 Å². The summed E-state index contributed by atoms with van der Waals surface area (Å²) in [5.41, 5.74) is 1.50. The van der Waals surface area contributed by atoms with Gasteiger partial charge in [-0.05, 0) is 48.5 Å². The van der Waals surface area contributed by atoms with Crippen molar-refractivity contribution in [2.45, 2.75) is 12.5 Å². The lowest BCUT2D eigenvalue weighted by Crippen LogP contribution is -2.52. The van der Waals surface area contributed by atoms with Crippen LogP contribution in [0.2, 0.25) is 0 Å². The third kappa shape index (κ3) is 4.71. The van der Waals surface area contributed by atoms with Gasteiger partial charge < -0.3 is 9.64 Å². The maximum Gasteiger partial charge on any atom is 0.269 e. The van der Waals surface area contributed by atoms with Crippen LogP contribution in [0.5, 0.6) is 11.5 Å². The minimum absolute atomic E-state index is 0.0576. The summed E-state index contributed by atoms with van der Waals surface area (Å²) < 4.78 is 5.80. The Bertz CT molecular complexity index is 1220. The van der Waals surface area contributed by atoms with E-state index in [2.05, 4.69) is 9.80 Å². The highest BCUT2D eigenvalue weighted by Crippen LogP contribution is 2.30. The molecule has 2 fully saturated rings. The first kappa shape index (κ1) is 22.5. The van der Waals surface area contributed by atoms with Crippen molar-refractivity contribution in [1.82, 2.24) is 4.90 Å². The summed E-state index contributed by atoms with van der Waals surface area (Å²) in [5.74, 6) is 0.907. The topological polar surface area (TPSA) is 96.2 Å². The minimum atomic E-state index is -0.484. The number of para-hydroxylation sites is 1. The van der Waals surface area contributed by atoms with Crippen molar-refractivity contribution in [3.8, 4) is 11.5 Å². The number of benzene rings is 3. The van der Waals surface area contributed by atoms with E-state index < -0.39 is 11.0 Å². The molecule has 2 aliphatic rings. The number of hydrogen-bond donors (Lipinski definition) is 0. The number of rotatable bonds is 6. The molecule has 0 bridgehead atoms. The smallest absolute Gasteiger partial charge is 0.269 e. The number of nitro benzene ring substituents is 1. The summed E-state index contributed by atoms with van der Waals surface area (Å²) in [6.45, 7) is 2.58. The molecule has 2 heterocycles. The molecular formula is C26H24N4O5. The van der Waals surface area contributed by atoms with Crippen LogP contribution in [-0.2, 0) is 9.59 Å². The number of carbonyl (C=O) groups excluding carboxylic acids is 2. The molecule has 35 heavy (non-hydrogen) atoms. The van der Waals surface area contributed by atoms with Crippen LogP contribution in [0, 0.1) is 10.1 Å². The highest BCUT2D eigenvalue weighted by Gasteiger charge is 2.43. The Hall–Kier alpha value is -4.24. The standard InChI is InChI=1S/C26H24N4O5/c31-25-18-24(28-16-14-27(15-17-28)19-6-8-21(9-7-19)30(33)34)26(32)29(25)20-10-12-23(13-11-20)35-22-4-2-1-3-5-22/h1-13,24H,14-18H2. The van der Waals surface area contributed by atoms with E-state index in [1.54, 1.807) is 36.4 Å². The molecule has 3 aromatic carbocycles. The van der Waals surface area contributed by atoms with E-state index in [1.807, 2.05) is 30.3 Å². The molecule has 0 N–H and O–H groups in total. The number of nitro groups is 1. The first-order valence-corrected chi connectivity index (χ1v) is 11.4. The molecule has 9 heteroatoms. The molecule has 2 aliphatic heterocycles. The van der Waals surface area contributed by atoms with Crippen LogP contribution < -0.4 is 14.5 Å². The molecule has 0 aliphatic carbocycles. The predicted molar refractivity (Wildman–Crippen MR) is 131 cm³/mol. The normalized spacial score (nSPS) is 18.7. The van der Waals surface area contributed by atoms with E-state index in [4.69, 9.17) is 4.74 Å². The van der Waals surface area contributed by atoms with Gasteiger partial charge in [0.1, 0.15) is 11.5 Å². The number of carbonyl (C=O) groups is 2. The molecule has 9 nitrogen and oxygen atoms in total. The number of non-ortho nitro benzene ring substituents is 1. The van der Waals surface area contributed by atoms with Crippen LogP contribution in [0.25, 0.3) is 0 Å². The van der Waals surface area contributed by atoms with E-state index in [-0.39, 0.29) is 23.9 Å². The van der Waals surface area contributed by atoms with Gasteiger partial charge in [0.2, 0.25) is 5.91 Å². The molecule has 2 amide bonds. The highest BCUT2D eigenvalue weighted by molar-refractivity contribution is 6.22. The number of ether oxygens (including phenoxy) is 1. The van der Waals surface area contributed by atoms with Crippen molar-refractivity contribution in [2.75, 3.05) is 36.0 Å². The second kappa shape index (κ2) is 9.55. The fourth-order valence-corrected chi connectivity index (χ4v) is 4.54. The van der Waals surface area contributed by atoms with E-state index >= 15 is 0 Å². The second-order valence-electron chi connectivity index (χ2n) is 8.49. The molecule has 0 radical (unpaired) electrons. The van der Waals surface area contributed by atoms with Crippen molar-refractivity contribution in [3.05, 3.63) is 89.0 Å². The van der Waals surface area contributed by atoms with Crippen LogP contribution >= 0.6 is 0 Å². The van der Waals surface area contributed by atoms with Crippen LogP contribution in [-0.4, -0.2) is 53.9 Å². The molecule has 1 atom stereocenters. The van der Waals surface area contributed by atoms with Gasteiger partial charge in [0.15, 0.2) is 0 Å². The number of anilines is 2. The number of hydrogen-bond acceptors (Lipinski definition) is 7. The monoisotopic (exact) mass is 472 g/mol. The molecule has 0 saturated carbocycles. The van der Waals surface area contributed by atoms with Crippen molar-refractivity contribution in [3.63, 3.8) is 0 Å². The van der Waals surface area contributed by atoms with Gasteiger partial charge in [0.25, 0.3) is 11.6 Å². The summed E-state index contributed by atoms with van der Waals surface area (Å²) in [6, 6.07) is 22.3. The number of imide groups is 1. The Kier molecular flexibility index (Phi) is 6.15. The van der Waals surface area contributed by atoms with Gasteiger partial charge in [-0.25, -0.2) is 4.90 Å². The van der Waals surface area contributed by atoms with Crippen molar-refractivity contribution in [2.24, 2.45) is 0 Å². The number of amides is 2. The van der Waals surface area contributed by atoms with Gasteiger partial charge in [-0.1, -0.05) is 18.2 Å². The van der Waals surface area contributed by atoms with Gasteiger partial charge in [0.05, 0.1) is 23.1 Å². The first-order valence-electron chi connectivity index (χ1n) is 11.4. The highest BCUT2D eigenvalue weighted by atomic mass is 16.6. The molecule has 5 rings (SSSR count). The summed E-state index contributed by atoms with van der Waals surface area (Å²) >= 11 is 0. The molecule has 3 aromatic rings. The van der Waals surface area contributed by atoms with Gasteiger partial charge in [-0.15, -0.1) is 0 Å². The zero-order chi connectivity index (χ0) is 24.4. The zero-order valence-electron chi connectivity index (χ0n) is 18.9. The Morgan fingerprint density at radius 1 is 0.771 bits per heavy atom. The first-order chi connectivity index (χ1) is 17.0. The number of nitrogens with zero attached hydrogens (tertiary/aromatic N) is 4. The Balaban J connectivity index is 1.21. The lowest BCUT2D eigenvalue weighted by molar-refractivity contribution is -0.384. The number of piperazine rings is 1. The lowest BCUT2D eigenvalue weighted by Gasteiger charge is -2.38. The Labute approximate surface area is 202 Å². The predicted octanol–water partition coefficient (Wildman–Crippen LogP) is 3.84.